The first kappa shape index (κ1) is 16.6. The van der Waals surface area contributed by atoms with Gasteiger partial charge in [0.2, 0.25) is 5.91 Å². The number of sulfone groups is 1. The van der Waals surface area contributed by atoms with Gasteiger partial charge in [-0.2, -0.15) is 5.26 Å². The van der Waals surface area contributed by atoms with Gasteiger partial charge in [0.1, 0.15) is 20.9 Å². The van der Waals surface area contributed by atoms with E-state index in [-0.39, 0.29) is 12.2 Å². The number of amides is 1. The van der Waals surface area contributed by atoms with Crippen molar-refractivity contribution in [1.29, 1.82) is 5.26 Å². The molecular formula is C12H17N3O3S2. The van der Waals surface area contributed by atoms with Crippen LogP contribution in [0.3, 0.4) is 0 Å². The molecule has 0 aliphatic rings. The van der Waals surface area contributed by atoms with Crippen LogP contribution in [-0.4, -0.2) is 32.4 Å². The molecule has 1 heterocycles. The Labute approximate surface area is 122 Å². The molecule has 0 aliphatic heterocycles. The summed E-state index contributed by atoms with van der Waals surface area (Å²) >= 11 is 1.31. The van der Waals surface area contributed by atoms with Crippen molar-refractivity contribution in [1.82, 2.24) is 0 Å². The highest BCUT2D eigenvalue weighted by Gasteiger charge is 2.19. The molecule has 0 saturated heterocycles. The smallest absolute Gasteiger partial charge is 0.241 e. The summed E-state index contributed by atoms with van der Waals surface area (Å²) in [7, 11) is -3.15. The van der Waals surface area contributed by atoms with Gasteiger partial charge in [0, 0.05) is 11.1 Å². The second-order valence-corrected chi connectivity index (χ2v) is 8.10. The molecule has 8 heteroatoms. The molecule has 20 heavy (non-hydrogen) atoms. The van der Waals surface area contributed by atoms with E-state index in [0.717, 1.165) is 16.7 Å². The van der Waals surface area contributed by atoms with Crippen LogP contribution >= 0.6 is 11.3 Å². The number of thiophene rings is 1. The second-order valence-electron chi connectivity index (χ2n) is 4.61. The van der Waals surface area contributed by atoms with Gasteiger partial charge in [-0.3, -0.25) is 4.79 Å². The van der Waals surface area contributed by atoms with Crippen LogP contribution in [0.2, 0.25) is 0 Å². The first-order chi connectivity index (χ1) is 9.15. The van der Waals surface area contributed by atoms with Gasteiger partial charge in [0.15, 0.2) is 0 Å². The summed E-state index contributed by atoms with van der Waals surface area (Å²) in [5.41, 5.74) is 6.91. The average Bonchev–Trinajstić information content (AvgIpc) is 2.60. The molecule has 0 saturated carbocycles. The molecule has 0 aromatic carbocycles. The number of nitrogens with two attached hydrogens (primary N) is 1. The molecule has 1 rings (SSSR count). The Bertz CT molecular complexity index is 656. The van der Waals surface area contributed by atoms with Crippen LogP contribution in [0.1, 0.15) is 22.4 Å². The van der Waals surface area contributed by atoms with Gasteiger partial charge in [0.25, 0.3) is 0 Å². The zero-order chi connectivity index (χ0) is 15.5. The van der Waals surface area contributed by atoms with E-state index in [2.05, 4.69) is 5.32 Å². The van der Waals surface area contributed by atoms with Crippen molar-refractivity contribution in [3.63, 3.8) is 0 Å². The van der Waals surface area contributed by atoms with E-state index in [1.54, 1.807) is 0 Å². The van der Waals surface area contributed by atoms with Crippen LogP contribution in [0.15, 0.2) is 0 Å². The number of aryl methyl sites for hydroxylation is 1. The zero-order valence-electron chi connectivity index (χ0n) is 11.6. The maximum Gasteiger partial charge on any atom is 0.241 e. The Morgan fingerprint density at radius 2 is 2.10 bits per heavy atom. The standard InChI is InChI=1S/C12H17N3O3S2/c1-7-8(2)19-12(9(7)6-13)15-11(16)10(14)4-5-20(3,17)18/h10H,4-5,14H2,1-3H3,(H,15,16). The topological polar surface area (TPSA) is 113 Å². The Balaban J connectivity index is 2.77. The van der Waals surface area contributed by atoms with Gasteiger partial charge in [-0.1, -0.05) is 0 Å². The number of anilines is 1. The van der Waals surface area contributed by atoms with Gasteiger partial charge in [-0.15, -0.1) is 11.3 Å². The number of carbonyl (C=O) groups excluding carboxylic acids is 1. The van der Waals surface area contributed by atoms with Crippen LogP contribution in [-0.2, 0) is 14.6 Å². The molecule has 1 aromatic heterocycles. The minimum Gasteiger partial charge on any atom is -0.320 e. The number of nitrogens with one attached hydrogen (secondary N) is 1. The van der Waals surface area contributed by atoms with Crippen LogP contribution in [0.4, 0.5) is 5.00 Å². The van der Waals surface area contributed by atoms with Crippen molar-refractivity contribution in [2.75, 3.05) is 17.3 Å². The Morgan fingerprint density at radius 1 is 1.50 bits per heavy atom. The lowest BCUT2D eigenvalue weighted by Crippen LogP contribution is -2.37. The molecule has 1 amide bonds. The molecule has 3 N–H and O–H groups in total. The van der Waals surface area contributed by atoms with E-state index >= 15 is 0 Å². The zero-order valence-corrected chi connectivity index (χ0v) is 13.2. The fourth-order valence-electron chi connectivity index (χ4n) is 1.53. The van der Waals surface area contributed by atoms with Crippen LogP contribution in [0.25, 0.3) is 0 Å². The van der Waals surface area contributed by atoms with Crippen molar-refractivity contribution in [2.24, 2.45) is 5.73 Å². The second kappa shape index (κ2) is 6.35. The molecule has 110 valence electrons. The number of hydrogen-bond donors (Lipinski definition) is 2. The summed E-state index contributed by atoms with van der Waals surface area (Å²) in [6.45, 7) is 3.67. The highest BCUT2D eigenvalue weighted by molar-refractivity contribution is 7.90. The summed E-state index contributed by atoms with van der Waals surface area (Å²) in [6, 6.07) is 1.13. The third-order valence-corrected chi connectivity index (χ3v) is 4.97. The third kappa shape index (κ3) is 4.30. The molecule has 6 nitrogen and oxygen atoms in total. The lowest BCUT2D eigenvalue weighted by molar-refractivity contribution is -0.117. The van der Waals surface area contributed by atoms with E-state index in [1.165, 1.54) is 11.3 Å². The number of nitrogens with zero attached hydrogens (tertiary/aromatic N) is 1. The molecule has 1 atom stereocenters. The Kier molecular flexibility index (Phi) is 5.28. The van der Waals surface area contributed by atoms with Crippen LogP contribution in [0, 0.1) is 25.2 Å². The fraction of sp³-hybridized carbons (Fsp3) is 0.500. The molecule has 1 aromatic rings. The monoisotopic (exact) mass is 315 g/mol. The molecular weight excluding hydrogens is 298 g/mol. The molecule has 0 spiro atoms. The summed E-state index contributed by atoms with van der Waals surface area (Å²) in [5.74, 6) is -0.624. The van der Waals surface area contributed by atoms with Gasteiger partial charge in [0.05, 0.1) is 17.4 Å². The maximum atomic E-state index is 11.9. The minimum atomic E-state index is -3.15. The Morgan fingerprint density at radius 3 is 2.60 bits per heavy atom. The summed E-state index contributed by atoms with van der Waals surface area (Å²) in [5, 5.41) is 12.1. The summed E-state index contributed by atoms with van der Waals surface area (Å²) < 4.78 is 22.1. The minimum absolute atomic E-state index is 0.0515. The van der Waals surface area contributed by atoms with Crippen molar-refractivity contribution >= 4 is 32.1 Å². The van der Waals surface area contributed by atoms with E-state index in [1.807, 2.05) is 19.9 Å². The number of carbonyl (C=O) groups is 1. The van der Waals surface area contributed by atoms with Crippen molar-refractivity contribution < 1.29 is 13.2 Å². The highest BCUT2D eigenvalue weighted by atomic mass is 32.2. The first-order valence-corrected chi connectivity index (χ1v) is 8.77. The van der Waals surface area contributed by atoms with Crippen molar-refractivity contribution in [2.45, 2.75) is 26.3 Å². The molecule has 0 bridgehead atoms. The average molecular weight is 315 g/mol. The lowest BCUT2D eigenvalue weighted by Gasteiger charge is -2.10. The van der Waals surface area contributed by atoms with Crippen molar-refractivity contribution in [3.8, 4) is 6.07 Å². The molecule has 0 aliphatic carbocycles. The predicted octanol–water partition coefficient (Wildman–Crippen LogP) is 0.937. The van der Waals surface area contributed by atoms with Gasteiger partial charge >= 0.3 is 0 Å². The Hall–Kier alpha value is -1.43. The number of rotatable bonds is 5. The summed E-state index contributed by atoms with van der Waals surface area (Å²) in [4.78, 5) is 12.8. The van der Waals surface area contributed by atoms with Crippen LogP contribution in [0.5, 0.6) is 0 Å². The molecule has 0 radical (unpaired) electrons. The fourth-order valence-corrected chi connectivity index (χ4v) is 3.22. The van der Waals surface area contributed by atoms with Gasteiger partial charge < -0.3 is 11.1 Å². The molecule has 1 unspecified atom stereocenters. The van der Waals surface area contributed by atoms with E-state index in [4.69, 9.17) is 11.0 Å². The van der Waals surface area contributed by atoms with Crippen LogP contribution < -0.4 is 11.1 Å². The normalized spacial score (nSPS) is 12.8. The first-order valence-electron chi connectivity index (χ1n) is 5.90. The van der Waals surface area contributed by atoms with Gasteiger partial charge in [-0.25, -0.2) is 8.42 Å². The van der Waals surface area contributed by atoms with Gasteiger partial charge in [-0.05, 0) is 25.8 Å². The maximum absolute atomic E-state index is 11.9. The van der Waals surface area contributed by atoms with E-state index in [0.29, 0.717) is 10.6 Å². The molecule has 0 fully saturated rings. The largest absolute Gasteiger partial charge is 0.320 e. The highest BCUT2D eigenvalue weighted by Crippen LogP contribution is 2.31. The number of nitriles is 1. The predicted molar refractivity (Wildman–Crippen MR) is 79.4 cm³/mol. The quantitative estimate of drug-likeness (QED) is 0.839. The lowest BCUT2D eigenvalue weighted by atomic mass is 10.2. The third-order valence-electron chi connectivity index (χ3n) is 2.87. The number of hydrogen-bond acceptors (Lipinski definition) is 6. The van der Waals surface area contributed by atoms with E-state index < -0.39 is 21.8 Å². The SMILES string of the molecule is Cc1sc(NC(=O)C(N)CCS(C)(=O)=O)c(C#N)c1C. The summed E-state index contributed by atoms with van der Waals surface area (Å²) in [6.07, 6.45) is 1.15. The van der Waals surface area contributed by atoms with Crippen molar-refractivity contribution in [3.05, 3.63) is 16.0 Å². The van der Waals surface area contributed by atoms with E-state index in [9.17, 15) is 13.2 Å².